The van der Waals surface area contributed by atoms with Crippen molar-refractivity contribution in [2.75, 3.05) is 13.1 Å². The predicted molar refractivity (Wildman–Crippen MR) is 86.0 cm³/mol. The second kappa shape index (κ2) is 7.39. The first-order valence-corrected chi connectivity index (χ1v) is 8.00. The lowest BCUT2D eigenvalue weighted by Gasteiger charge is -2.33. The van der Waals surface area contributed by atoms with E-state index in [-0.39, 0.29) is 17.5 Å². The van der Waals surface area contributed by atoms with E-state index < -0.39 is 6.04 Å². The van der Waals surface area contributed by atoms with Crippen LogP contribution in [0, 0.1) is 13.8 Å². The normalized spacial score (nSPS) is 17.9. The highest BCUT2D eigenvalue weighted by Gasteiger charge is 2.29. The average molecular weight is 320 g/mol. The first-order valence-electron chi connectivity index (χ1n) is 8.00. The maximum atomic E-state index is 12.3. The molecule has 1 N–H and O–H groups in total. The molecular weight excluding hydrogens is 296 g/mol. The molecule has 0 radical (unpaired) electrons. The molecule has 0 aromatic carbocycles. The summed E-state index contributed by atoms with van der Waals surface area (Å²) >= 11 is 0. The van der Waals surface area contributed by atoms with Crippen LogP contribution in [0.15, 0.2) is 10.9 Å². The van der Waals surface area contributed by atoms with Crippen molar-refractivity contribution in [3.05, 3.63) is 27.9 Å². The monoisotopic (exact) mass is 320 g/mol. The van der Waals surface area contributed by atoms with Gasteiger partial charge in [0.25, 0.3) is 0 Å². The topological polar surface area (TPSA) is 84.3 Å². The fourth-order valence-corrected chi connectivity index (χ4v) is 3.04. The maximum absolute atomic E-state index is 12.3. The van der Waals surface area contributed by atoms with Crippen LogP contribution in [-0.4, -0.2) is 45.4 Å². The summed E-state index contributed by atoms with van der Waals surface area (Å²) in [6.45, 7) is 6.46. The Bertz CT molecular complexity index is 653. The maximum Gasteiger partial charge on any atom is 0.348 e. The van der Waals surface area contributed by atoms with Crippen molar-refractivity contribution in [3.63, 3.8) is 0 Å². The van der Waals surface area contributed by atoms with Gasteiger partial charge in [-0.2, -0.15) is 4.98 Å². The third-order valence-corrected chi connectivity index (χ3v) is 4.19. The van der Waals surface area contributed by atoms with Crippen LogP contribution in [-0.2, 0) is 16.1 Å². The van der Waals surface area contributed by atoms with Gasteiger partial charge in [-0.25, -0.2) is 4.79 Å². The Labute approximate surface area is 135 Å². The highest BCUT2D eigenvalue weighted by atomic mass is 16.2. The van der Waals surface area contributed by atoms with Crippen LogP contribution in [0.3, 0.4) is 0 Å². The molecule has 0 bridgehead atoms. The SMILES string of the molecule is CC(=O)N1CCCCC1C(=O)NCCn1c(C)cc(C)nc1=O. The van der Waals surface area contributed by atoms with Crippen molar-refractivity contribution in [2.45, 2.75) is 52.6 Å². The van der Waals surface area contributed by atoms with Crippen molar-refractivity contribution >= 4 is 11.8 Å². The molecular formula is C16H24N4O3. The number of nitrogens with one attached hydrogen (secondary N) is 1. The first kappa shape index (κ1) is 17.2. The summed E-state index contributed by atoms with van der Waals surface area (Å²) < 4.78 is 1.54. The van der Waals surface area contributed by atoms with Gasteiger partial charge in [0.15, 0.2) is 0 Å². The quantitative estimate of drug-likeness (QED) is 0.869. The Hall–Kier alpha value is -2.18. The minimum absolute atomic E-state index is 0.0698. The molecule has 0 saturated carbocycles. The second-order valence-corrected chi connectivity index (χ2v) is 5.99. The van der Waals surface area contributed by atoms with Gasteiger partial charge in [-0.05, 0) is 39.2 Å². The van der Waals surface area contributed by atoms with Crippen LogP contribution >= 0.6 is 0 Å². The highest BCUT2D eigenvalue weighted by molar-refractivity contribution is 5.87. The molecule has 1 aromatic heterocycles. The van der Waals surface area contributed by atoms with Gasteiger partial charge in [0.05, 0.1) is 0 Å². The minimum Gasteiger partial charge on any atom is -0.353 e. The van der Waals surface area contributed by atoms with E-state index in [4.69, 9.17) is 0 Å². The van der Waals surface area contributed by atoms with Crippen molar-refractivity contribution < 1.29 is 9.59 Å². The van der Waals surface area contributed by atoms with Crippen LogP contribution < -0.4 is 11.0 Å². The number of carbonyl (C=O) groups excluding carboxylic acids is 2. The van der Waals surface area contributed by atoms with E-state index in [2.05, 4.69) is 10.3 Å². The Balaban J connectivity index is 1.94. The molecule has 1 atom stereocenters. The van der Waals surface area contributed by atoms with Crippen molar-refractivity contribution in [1.82, 2.24) is 19.8 Å². The van der Waals surface area contributed by atoms with Gasteiger partial charge in [0.1, 0.15) is 6.04 Å². The summed E-state index contributed by atoms with van der Waals surface area (Å²) in [5.41, 5.74) is 1.20. The van der Waals surface area contributed by atoms with Gasteiger partial charge in [-0.15, -0.1) is 0 Å². The Kier molecular flexibility index (Phi) is 5.52. The second-order valence-electron chi connectivity index (χ2n) is 5.99. The molecule has 1 aliphatic heterocycles. The molecule has 1 saturated heterocycles. The van der Waals surface area contributed by atoms with E-state index in [0.717, 1.165) is 18.5 Å². The zero-order chi connectivity index (χ0) is 17.0. The lowest BCUT2D eigenvalue weighted by molar-refractivity contribution is -0.140. The molecule has 126 valence electrons. The summed E-state index contributed by atoms with van der Waals surface area (Å²) in [5, 5.41) is 2.83. The van der Waals surface area contributed by atoms with Gasteiger partial charge in [-0.1, -0.05) is 0 Å². The number of amides is 2. The highest BCUT2D eigenvalue weighted by Crippen LogP contribution is 2.17. The summed E-state index contributed by atoms with van der Waals surface area (Å²) in [6.07, 6.45) is 2.58. The van der Waals surface area contributed by atoms with Gasteiger partial charge in [0, 0.05) is 37.9 Å². The van der Waals surface area contributed by atoms with Crippen LogP contribution in [0.25, 0.3) is 0 Å². The summed E-state index contributed by atoms with van der Waals surface area (Å²) in [4.78, 5) is 41.3. The van der Waals surface area contributed by atoms with E-state index in [1.807, 2.05) is 13.0 Å². The van der Waals surface area contributed by atoms with E-state index >= 15 is 0 Å². The fourth-order valence-electron chi connectivity index (χ4n) is 3.04. The van der Waals surface area contributed by atoms with Crippen molar-refractivity contribution in [2.24, 2.45) is 0 Å². The molecule has 7 heteroatoms. The molecule has 1 unspecified atom stereocenters. The standard InChI is InChI=1S/C16H24N4O3/c1-11-10-12(2)19(16(23)18-11)9-7-17-15(22)14-6-4-5-8-20(14)13(3)21/h10,14H,4-9H2,1-3H3,(H,17,22). The lowest BCUT2D eigenvalue weighted by Crippen LogP contribution is -2.51. The van der Waals surface area contributed by atoms with Crippen molar-refractivity contribution in [3.8, 4) is 0 Å². The van der Waals surface area contributed by atoms with Crippen LogP contribution in [0.5, 0.6) is 0 Å². The molecule has 23 heavy (non-hydrogen) atoms. The minimum atomic E-state index is -0.393. The van der Waals surface area contributed by atoms with Crippen molar-refractivity contribution in [1.29, 1.82) is 0 Å². The summed E-state index contributed by atoms with van der Waals surface area (Å²) in [6, 6.07) is 1.44. The molecule has 1 aromatic rings. The van der Waals surface area contributed by atoms with Crippen LogP contribution in [0.1, 0.15) is 37.6 Å². The molecule has 7 nitrogen and oxygen atoms in total. The van der Waals surface area contributed by atoms with E-state index in [0.29, 0.717) is 31.7 Å². The fraction of sp³-hybridized carbons (Fsp3) is 0.625. The number of hydrogen-bond acceptors (Lipinski definition) is 4. The van der Waals surface area contributed by atoms with E-state index in [9.17, 15) is 14.4 Å². The summed E-state index contributed by atoms with van der Waals surface area (Å²) in [7, 11) is 0. The average Bonchev–Trinajstić information content (AvgIpc) is 2.49. The predicted octanol–water partition coefficient (Wildman–Crippen LogP) is 0.377. The molecule has 0 spiro atoms. The Morgan fingerprint density at radius 3 is 2.74 bits per heavy atom. The number of rotatable bonds is 4. The number of aromatic nitrogens is 2. The third kappa shape index (κ3) is 4.18. The van der Waals surface area contributed by atoms with Gasteiger partial charge < -0.3 is 10.2 Å². The zero-order valence-electron chi connectivity index (χ0n) is 14.0. The number of aryl methyl sites for hydroxylation is 2. The number of piperidine rings is 1. The molecule has 1 fully saturated rings. The van der Waals surface area contributed by atoms with E-state index in [1.165, 1.54) is 11.5 Å². The van der Waals surface area contributed by atoms with Gasteiger partial charge in [0.2, 0.25) is 11.8 Å². The van der Waals surface area contributed by atoms with E-state index in [1.54, 1.807) is 11.8 Å². The number of nitrogens with zero attached hydrogens (tertiary/aromatic N) is 3. The summed E-state index contributed by atoms with van der Waals surface area (Å²) in [5.74, 6) is -0.217. The van der Waals surface area contributed by atoms with Crippen LogP contribution in [0.4, 0.5) is 0 Å². The first-order chi connectivity index (χ1) is 10.9. The molecule has 2 heterocycles. The Morgan fingerprint density at radius 2 is 2.09 bits per heavy atom. The lowest BCUT2D eigenvalue weighted by atomic mass is 10.0. The number of likely N-dealkylation sites (tertiary alicyclic amines) is 1. The molecule has 2 amide bonds. The third-order valence-electron chi connectivity index (χ3n) is 4.19. The van der Waals surface area contributed by atoms with Gasteiger partial charge >= 0.3 is 5.69 Å². The van der Waals surface area contributed by atoms with Gasteiger partial charge in [-0.3, -0.25) is 14.2 Å². The number of hydrogen-bond donors (Lipinski definition) is 1. The Morgan fingerprint density at radius 1 is 1.35 bits per heavy atom. The zero-order valence-corrected chi connectivity index (χ0v) is 14.0. The molecule has 2 rings (SSSR count). The number of carbonyl (C=O) groups is 2. The molecule has 0 aliphatic carbocycles. The smallest absolute Gasteiger partial charge is 0.348 e. The largest absolute Gasteiger partial charge is 0.353 e. The van der Waals surface area contributed by atoms with Crippen LogP contribution in [0.2, 0.25) is 0 Å². The molecule has 1 aliphatic rings.